The number of nitrogens with zero attached hydrogens (tertiary/aromatic N) is 3. The van der Waals surface area contributed by atoms with Crippen LogP contribution in [0, 0.1) is 17.8 Å². The van der Waals surface area contributed by atoms with E-state index >= 15 is 0 Å². The van der Waals surface area contributed by atoms with Gasteiger partial charge < -0.3 is 9.40 Å². The number of hydrogen-bond donors (Lipinski definition) is 1. The Labute approximate surface area is 198 Å². The summed E-state index contributed by atoms with van der Waals surface area (Å²) in [6.45, 7) is 27.5. The Balaban J connectivity index is -0.0000000849. The Morgan fingerprint density at radius 3 is 1.26 bits per heavy atom. The highest BCUT2D eigenvalue weighted by Crippen LogP contribution is 1.86. The van der Waals surface area contributed by atoms with Crippen LogP contribution in [0.4, 0.5) is 0 Å². The van der Waals surface area contributed by atoms with Gasteiger partial charge >= 0.3 is 0 Å². The molecule has 3 heterocycles. The van der Waals surface area contributed by atoms with Gasteiger partial charge in [-0.15, -0.1) is 11.3 Å². The minimum Gasteiger partial charge on any atom is -0.452 e. The van der Waals surface area contributed by atoms with E-state index in [1.807, 2.05) is 33.1 Å². The summed E-state index contributed by atoms with van der Waals surface area (Å²) in [4.78, 5) is 13.7. The average Bonchev–Trinajstić information content (AvgIpc) is 3.52. The second-order valence-electron chi connectivity index (χ2n) is 7.31. The lowest BCUT2D eigenvalue weighted by Gasteiger charge is -1.79. The lowest BCUT2D eigenvalue weighted by molar-refractivity contribution is 0.558. The molecule has 0 spiro atoms. The molecule has 5 nitrogen and oxygen atoms in total. The Morgan fingerprint density at radius 1 is 0.677 bits per heavy atom. The highest BCUT2D eigenvalue weighted by atomic mass is 32.1. The van der Waals surface area contributed by atoms with Crippen molar-refractivity contribution in [3.8, 4) is 0 Å². The molecule has 0 atom stereocenters. The molecule has 0 aliphatic rings. The van der Waals surface area contributed by atoms with E-state index in [1.165, 1.54) is 12.7 Å². The lowest BCUT2D eigenvalue weighted by Crippen LogP contribution is -1.66. The van der Waals surface area contributed by atoms with Crippen LogP contribution in [-0.4, -0.2) is 19.9 Å². The first-order valence-corrected chi connectivity index (χ1v) is 12.2. The van der Waals surface area contributed by atoms with Crippen LogP contribution in [0.3, 0.4) is 0 Å². The molecule has 0 saturated heterocycles. The lowest BCUT2D eigenvalue weighted by atomic mass is 10.3. The van der Waals surface area contributed by atoms with Gasteiger partial charge in [0.25, 0.3) is 0 Å². The molecule has 0 aromatic carbocycles. The monoisotopic (exact) mass is 456 g/mol. The van der Waals surface area contributed by atoms with Gasteiger partial charge in [-0.3, -0.25) is 4.98 Å². The van der Waals surface area contributed by atoms with Crippen LogP contribution < -0.4 is 0 Å². The highest BCUT2D eigenvalue weighted by Gasteiger charge is 1.69. The van der Waals surface area contributed by atoms with Gasteiger partial charge in [-0.2, -0.15) is 0 Å². The standard InChI is InChI=1S/3C4H10.C3H4N2.C3H3NO.C3H3NS.2C2H6/c3*1-4(2)3;3*1-2-5-3-4-1;2*1-2/h3*4H,1-3H3;1-3H,(H,4,5);2*1-3H;2*1-2H3. The Bertz CT molecular complexity index is 357. The van der Waals surface area contributed by atoms with Crippen LogP contribution >= 0.6 is 11.3 Å². The minimum absolute atomic E-state index is 0.833. The summed E-state index contributed by atoms with van der Waals surface area (Å²) in [6, 6.07) is 0. The maximum Gasteiger partial charge on any atom is 0.180 e. The maximum absolute atomic E-state index is 4.47. The van der Waals surface area contributed by atoms with Crippen molar-refractivity contribution in [2.75, 3.05) is 0 Å². The summed E-state index contributed by atoms with van der Waals surface area (Å²) in [5.74, 6) is 2.50. The van der Waals surface area contributed by atoms with Crippen molar-refractivity contribution in [3.63, 3.8) is 0 Å². The van der Waals surface area contributed by atoms with Crippen LogP contribution in [0.25, 0.3) is 0 Å². The number of aromatic nitrogens is 4. The van der Waals surface area contributed by atoms with E-state index in [2.05, 4.69) is 86.7 Å². The van der Waals surface area contributed by atoms with Crippen LogP contribution in [0.1, 0.15) is 90.0 Å². The van der Waals surface area contributed by atoms with Crippen molar-refractivity contribution in [1.29, 1.82) is 0 Å². The molecule has 0 saturated carbocycles. The summed E-state index contributed by atoms with van der Waals surface area (Å²) in [5.41, 5.74) is 1.79. The number of nitrogens with one attached hydrogen (secondary N) is 1. The van der Waals surface area contributed by atoms with Crippen molar-refractivity contribution in [3.05, 3.63) is 54.7 Å². The topological polar surface area (TPSA) is 67.6 Å². The smallest absolute Gasteiger partial charge is 0.180 e. The molecule has 0 radical (unpaired) electrons. The molecule has 0 aliphatic heterocycles. The predicted octanol–water partition coefficient (Wildman–Crippen LogP) is 9.27. The van der Waals surface area contributed by atoms with E-state index in [9.17, 15) is 0 Å². The van der Waals surface area contributed by atoms with Crippen molar-refractivity contribution in [1.82, 2.24) is 19.9 Å². The zero-order valence-electron chi connectivity index (χ0n) is 22.6. The van der Waals surface area contributed by atoms with E-state index in [0.717, 1.165) is 17.8 Å². The van der Waals surface area contributed by atoms with Crippen LogP contribution in [-0.2, 0) is 0 Å². The van der Waals surface area contributed by atoms with Gasteiger partial charge in [-0.25, -0.2) is 9.97 Å². The zero-order chi connectivity index (χ0) is 25.3. The molecule has 0 fully saturated rings. The number of oxazole rings is 1. The number of aromatic amines is 1. The molecular formula is C25H52N4OS. The number of H-pyrrole nitrogens is 1. The fourth-order valence-corrected chi connectivity index (χ4v) is 0.918. The summed E-state index contributed by atoms with van der Waals surface area (Å²) >= 11 is 1.60. The first-order valence-electron chi connectivity index (χ1n) is 11.3. The first-order chi connectivity index (χ1) is 14.7. The van der Waals surface area contributed by atoms with Crippen molar-refractivity contribution in [2.45, 2.75) is 90.0 Å². The summed E-state index contributed by atoms with van der Waals surface area (Å²) < 4.78 is 4.47. The molecule has 1 N–H and O–H groups in total. The fourth-order valence-electron chi connectivity index (χ4n) is 0.567. The second kappa shape index (κ2) is 42.2. The third kappa shape index (κ3) is 112. The molecule has 0 unspecified atom stereocenters. The fraction of sp³-hybridized carbons (Fsp3) is 0.640. The number of rotatable bonds is 0. The first kappa shape index (κ1) is 39.5. The molecule has 184 valence electrons. The molecule has 0 amide bonds. The van der Waals surface area contributed by atoms with Gasteiger partial charge in [-0.1, -0.05) is 90.0 Å². The van der Waals surface area contributed by atoms with Crippen LogP contribution in [0.2, 0.25) is 0 Å². The molecule has 3 aromatic heterocycles. The Kier molecular flexibility index (Phi) is 53.8. The van der Waals surface area contributed by atoms with Gasteiger partial charge in [0.2, 0.25) is 0 Å². The molecule has 0 aliphatic carbocycles. The summed E-state index contributed by atoms with van der Waals surface area (Å²) in [6.07, 6.45) is 11.3. The van der Waals surface area contributed by atoms with Crippen LogP contribution in [0.5, 0.6) is 0 Å². The molecule has 6 heteroatoms. The van der Waals surface area contributed by atoms with Gasteiger partial charge in [-0.05, 0) is 17.8 Å². The van der Waals surface area contributed by atoms with Crippen molar-refractivity contribution in [2.24, 2.45) is 17.8 Å². The van der Waals surface area contributed by atoms with E-state index in [1.54, 1.807) is 48.0 Å². The Morgan fingerprint density at radius 2 is 1.16 bits per heavy atom. The molecule has 3 aromatic rings. The average molecular weight is 457 g/mol. The highest BCUT2D eigenvalue weighted by molar-refractivity contribution is 7.07. The van der Waals surface area contributed by atoms with Crippen LogP contribution in [0.15, 0.2) is 59.1 Å². The summed E-state index contributed by atoms with van der Waals surface area (Å²) in [5, 5.41) is 1.93. The van der Waals surface area contributed by atoms with E-state index in [4.69, 9.17) is 0 Å². The number of thiazole rings is 1. The number of hydrogen-bond acceptors (Lipinski definition) is 5. The predicted molar refractivity (Wildman–Crippen MR) is 141 cm³/mol. The second-order valence-corrected chi connectivity index (χ2v) is 8.06. The summed E-state index contributed by atoms with van der Waals surface area (Å²) in [7, 11) is 0. The molecule has 31 heavy (non-hydrogen) atoms. The third-order valence-electron chi connectivity index (χ3n) is 1.10. The maximum atomic E-state index is 4.47. The van der Waals surface area contributed by atoms with Crippen molar-refractivity contribution >= 4 is 11.3 Å². The van der Waals surface area contributed by atoms with Crippen molar-refractivity contribution < 1.29 is 4.42 Å². The SMILES string of the molecule is CC.CC.CC(C)C.CC(C)C.CC(C)C.c1c[nH]cn1.c1cocn1.c1cscn1. The van der Waals surface area contributed by atoms with E-state index in [0.29, 0.717) is 0 Å². The largest absolute Gasteiger partial charge is 0.452 e. The van der Waals surface area contributed by atoms with E-state index < -0.39 is 0 Å². The number of imidazole rings is 1. The molecule has 3 rings (SSSR count). The van der Waals surface area contributed by atoms with Gasteiger partial charge in [0.1, 0.15) is 6.26 Å². The molecular weight excluding hydrogens is 404 g/mol. The van der Waals surface area contributed by atoms with E-state index in [-0.39, 0.29) is 0 Å². The van der Waals surface area contributed by atoms with Gasteiger partial charge in [0.05, 0.1) is 18.0 Å². The third-order valence-corrected chi connectivity index (χ3v) is 1.62. The minimum atomic E-state index is 0.833. The van der Waals surface area contributed by atoms with Gasteiger partial charge in [0, 0.05) is 24.0 Å². The zero-order valence-corrected chi connectivity index (χ0v) is 23.4. The Hall–Kier alpha value is -1.95. The normalized spacial score (nSPS) is 7.74. The van der Waals surface area contributed by atoms with Gasteiger partial charge in [0.15, 0.2) is 6.39 Å². The molecule has 0 bridgehead atoms. The quantitative estimate of drug-likeness (QED) is 0.366.